The van der Waals surface area contributed by atoms with Crippen molar-refractivity contribution in [3.05, 3.63) is 23.8 Å². The normalized spacial score (nSPS) is 12.8. The van der Waals surface area contributed by atoms with Crippen LogP contribution in [0.1, 0.15) is 46.2 Å². The zero-order valence-corrected chi connectivity index (χ0v) is 19.4. The number of hydrogen-bond acceptors (Lipinski definition) is 4. The molecule has 1 rings (SSSR count). The molecule has 0 aromatic heterocycles. The molecule has 1 aromatic rings. The first-order chi connectivity index (χ1) is 11.8. The number of aliphatic imine (C=N–C) groups is 1. The summed E-state index contributed by atoms with van der Waals surface area (Å²) in [7, 11) is 3.34. The van der Waals surface area contributed by atoms with E-state index in [1.165, 1.54) is 0 Å². The Hall–Kier alpha value is -1.22. The van der Waals surface area contributed by atoms with Gasteiger partial charge in [0, 0.05) is 24.2 Å². The summed E-state index contributed by atoms with van der Waals surface area (Å²) >= 11 is 0. The molecule has 150 valence electrons. The van der Waals surface area contributed by atoms with Gasteiger partial charge in [0.1, 0.15) is 11.5 Å². The standard InChI is InChI=1S/C19H34N4O2.HI/c1-8-20-18(21-11-12-22-19(3,4)5)23-14(2)16-13-15(24-6)9-10-17(16)25-7;/h9-10,13-14,22H,8,11-12H2,1-7H3,(H2,20,21,23);1H. The molecule has 26 heavy (non-hydrogen) atoms. The smallest absolute Gasteiger partial charge is 0.191 e. The van der Waals surface area contributed by atoms with Gasteiger partial charge in [0.15, 0.2) is 5.96 Å². The number of nitrogens with one attached hydrogen (secondary N) is 3. The second-order valence-electron chi connectivity index (χ2n) is 6.91. The monoisotopic (exact) mass is 478 g/mol. The number of rotatable bonds is 8. The molecule has 1 unspecified atom stereocenters. The second kappa shape index (κ2) is 12.2. The lowest BCUT2D eigenvalue weighted by Crippen LogP contribution is -2.40. The van der Waals surface area contributed by atoms with Crippen LogP contribution in [0.3, 0.4) is 0 Å². The molecule has 7 heteroatoms. The van der Waals surface area contributed by atoms with E-state index in [-0.39, 0.29) is 35.6 Å². The van der Waals surface area contributed by atoms with Crippen LogP contribution in [0.2, 0.25) is 0 Å². The minimum Gasteiger partial charge on any atom is -0.497 e. The third-order valence-electron chi connectivity index (χ3n) is 3.64. The maximum Gasteiger partial charge on any atom is 0.191 e. The molecule has 0 fully saturated rings. The van der Waals surface area contributed by atoms with Gasteiger partial charge >= 0.3 is 0 Å². The topological polar surface area (TPSA) is 66.9 Å². The maximum absolute atomic E-state index is 5.48. The predicted molar refractivity (Wildman–Crippen MR) is 120 cm³/mol. The van der Waals surface area contributed by atoms with Crippen LogP contribution < -0.4 is 25.4 Å². The third-order valence-corrected chi connectivity index (χ3v) is 3.64. The van der Waals surface area contributed by atoms with Gasteiger partial charge in [-0.2, -0.15) is 0 Å². The van der Waals surface area contributed by atoms with Gasteiger partial charge in [-0.05, 0) is 52.8 Å². The molecule has 0 radical (unpaired) electrons. The quantitative estimate of drug-likeness (QED) is 0.232. The first kappa shape index (κ1) is 24.8. The van der Waals surface area contributed by atoms with E-state index >= 15 is 0 Å². The summed E-state index contributed by atoms with van der Waals surface area (Å²) in [6.07, 6.45) is 0. The highest BCUT2D eigenvalue weighted by atomic mass is 127. The summed E-state index contributed by atoms with van der Waals surface area (Å²) in [5, 5.41) is 10.2. The van der Waals surface area contributed by atoms with Crippen molar-refractivity contribution in [2.45, 2.75) is 46.2 Å². The minimum atomic E-state index is 0. The van der Waals surface area contributed by atoms with E-state index < -0.39 is 0 Å². The second-order valence-corrected chi connectivity index (χ2v) is 6.91. The molecule has 0 aliphatic rings. The van der Waals surface area contributed by atoms with E-state index in [2.05, 4.69) is 55.6 Å². The van der Waals surface area contributed by atoms with Gasteiger partial charge in [-0.25, -0.2) is 0 Å². The summed E-state index contributed by atoms with van der Waals surface area (Å²) in [6, 6.07) is 5.83. The number of halogens is 1. The average molecular weight is 478 g/mol. The number of benzene rings is 1. The first-order valence-electron chi connectivity index (χ1n) is 8.82. The molecule has 0 saturated heterocycles. The lowest BCUT2D eigenvalue weighted by Gasteiger charge is -2.22. The van der Waals surface area contributed by atoms with Crippen molar-refractivity contribution < 1.29 is 9.47 Å². The van der Waals surface area contributed by atoms with Crippen molar-refractivity contribution in [3.8, 4) is 11.5 Å². The van der Waals surface area contributed by atoms with Crippen LogP contribution in [-0.2, 0) is 0 Å². The van der Waals surface area contributed by atoms with Gasteiger partial charge < -0.3 is 25.4 Å². The van der Waals surface area contributed by atoms with Crippen LogP contribution in [0.5, 0.6) is 11.5 Å². The van der Waals surface area contributed by atoms with E-state index in [0.717, 1.165) is 36.1 Å². The Bertz CT molecular complexity index is 559. The zero-order valence-electron chi connectivity index (χ0n) is 17.1. The molecule has 0 saturated carbocycles. The molecule has 0 heterocycles. The molecule has 0 amide bonds. The van der Waals surface area contributed by atoms with E-state index in [1.54, 1.807) is 14.2 Å². The first-order valence-corrected chi connectivity index (χ1v) is 8.82. The van der Waals surface area contributed by atoms with E-state index in [9.17, 15) is 0 Å². The largest absolute Gasteiger partial charge is 0.497 e. The number of hydrogen-bond donors (Lipinski definition) is 3. The van der Waals surface area contributed by atoms with E-state index in [1.807, 2.05) is 18.2 Å². The molecular weight excluding hydrogens is 443 g/mol. The van der Waals surface area contributed by atoms with Crippen LogP contribution in [0.15, 0.2) is 23.2 Å². The molecule has 0 aliphatic heterocycles. The van der Waals surface area contributed by atoms with Crippen molar-refractivity contribution >= 4 is 29.9 Å². The van der Waals surface area contributed by atoms with Crippen molar-refractivity contribution in [1.29, 1.82) is 0 Å². The van der Waals surface area contributed by atoms with Crippen LogP contribution in [0.4, 0.5) is 0 Å². The lowest BCUT2D eigenvalue weighted by atomic mass is 10.1. The Balaban J connectivity index is 0.00000625. The van der Waals surface area contributed by atoms with Crippen molar-refractivity contribution in [1.82, 2.24) is 16.0 Å². The predicted octanol–water partition coefficient (Wildman–Crippen LogP) is 3.33. The summed E-state index contributed by atoms with van der Waals surface area (Å²) in [6.45, 7) is 12.9. The Morgan fingerprint density at radius 3 is 2.42 bits per heavy atom. The molecule has 0 bridgehead atoms. The third kappa shape index (κ3) is 8.93. The molecular formula is C19H35IN4O2. The molecule has 1 atom stereocenters. The molecule has 0 aliphatic carbocycles. The fourth-order valence-corrected chi connectivity index (χ4v) is 2.38. The average Bonchev–Trinajstić information content (AvgIpc) is 2.57. The summed E-state index contributed by atoms with van der Waals surface area (Å²) in [5.41, 5.74) is 1.13. The fourth-order valence-electron chi connectivity index (χ4n) is 2.38. The summed E-state index contributed by atoms with van der Waals surface area (Å²) in [4.78, 5) is 4.64. The highest BCUT2D eigenvalue weighted by molar-refractivity contribution is 14.0. The molecule has 0 spiro atoms. The highest BCUT2D eigenvalue weighted by Gasteiger charge is 2.14. The van der Waals surface area contributed by atoms with E-state index in [4.69, 9.17) is 9.47 Å². The molecule has 1 aromatic carbocycles. The van der Waals surface area contributed by atoms with Gasteiger partial charge in [0.25, 0.3) is 0 Å². The summed E-state index contributed by atoms with van der Waals surface area (Å²) in [5.74, 6) is 2.42. The van der Waals surface area contributed by atoms with Crippen molar-refractivity contribution in [2.75, 3.05) is 33.9 Å². The number of ether oxygens (including phenoxy) is 2. The van der Waals surface area contributed by atoms with Gasteiger partial charge in [0.2, 0.25) is 0 Å². The molecule has 3 N–H and O–H groups in total. The number of guanidine groups is 1. The Kier molecular flexibility index (Phi) is 11.6. The van der Waals surface area contributed by atoms with Gasteiger partial charge in [-0.15, -0.1) is 24.0 Å². The Morgan fingerprint density at radius 2 is 1.88 bits per heavy atom. The molecule has 6 nitrogen and oxygen atoms in total. The van der Waals surface area contributed by atoms with Crippen molar-refractivity contribution in [3.63, 3.8) is 0 Å². The fraction of sp³-hybridized carbons (Fsp3) is 0.632. The minimum absolute atomic E-state index is 0. The van der Waals surface area contributed by atoms with E-state index in [0.29, 0.717) is 6.54 Å². The maximum atomic E-state index is 5.48. The van der Waals surface area contributed by atoms with Crippen molar-refractivity contribution in [2.24, 2.45) is 4.99 Å². The lowest BCUT2D eigenvalue weighted by molar-refractivity contribution is 0.394. The van der Waals surface area contributed by atoms with Crippen LogP contribution in [0, 0.1) is 0 Å². The van der Waals surface area contributed by atoms with Gasteiger partial charge in [0.05, 0.1) is 26.8 Å². The summed E-state index contributed by atoms with van der Waals surface area (Å²) < 4.78 is 10.8. The SMILES string of the molecule is CCNC(=NCCNC(C)(C)C)NC(C)c1cc(OC)ccc1OC.I. The Labute approximate surface area is 175 Å². The Morgan fingerprint density at radius 1 is 1.19 bits per heavy atom. The van der Waals surface area contributed by atoms with Crippen LogP contribution in [-0.4, -0.2) is 45.4 Å². The number of nitrogens with zero attached hydrogens (tertiary/aromatic N) is 1. The highest BCUT2D eigenvalue weighted by Crippen LogP contribution is 2.29. The zero-order chi connectivity index (χ0) is 18.9. The van der Waals surface area contributed by atoms with Crippen LogP contribution >= 0.6 is 24.0 Å². The van der Waals surface area contributed by atoms with Gasteiger partial charge in [-0.1, -0.05) is 0 Å². The van der Waals surface area contributed by atoms with Gasteiger partial charge in [-0.3, -0.25) is 4.99 Å². The number of methoxy groups -OCH3 is 2. The van der Waals surface area contributed by atoms with Crippen LogP contribution in [0.25, 0.3) is 0 Å².